The van der Waals surface area contributed by atoms with Crippen LogP contribution in [-0.4, -0.2) is 0 Å². The molecule has 0 bridgehead atoms. The van der Waals surface area contributed by atoms with E-state index in [0.717, 1.165) is 39.0 Å². The molecule has 0 saturated carbocycles. The van der Waals surface area contributed by atoms with Crippen molar-refractivity contribution in [1.82, 2.24) is 0 Å². The van der Waals surface area contributed by atoms with Crippen molar-refractivity contribution in [3.8, 4) is 33.4 Å². The topological polar surface area (TPSA) is 16.4 Å². The second kappa shape index (κ2) is 11.4. The Hall–Kier alpha value is -7.16. The molecule has 2 heteroatoms. The minimum atomic E-state index is -0.439. The summed E-state index contributed by atoms with van der Waals surface area (Å²) in [6, 6.07) is 73.3. The Morgan fingerprint density at radius 1 is 0.345 bits per heavy atom. The molecule has 12 rings (SSSR count). The average molecular weight is 700 g/mol. The number of anilines is 3. The van der Waals surface area contributed by atoms with Gasteiger partial charge in [0.2, 0.25) is 0 Å². The van der Waals surface area contributed by atoms with Gasteiger partial charge < -0.3 is 9.32 Å². The zero-order valence-corrected chi connectivity index (χ0v) is 29.9. The molecule has 256 valence electrons. The number of hydrogen-bond donors (Lipinski definition) is 0. The molecule has 2 aliphatic carbocycles. The van der Waals surface area contributed by atoms with Gasteiger partial charge in [-0.05, 0) is 115 Å². The maximum atomic E-state index is 6.33. The summed E-state index contributed by atoms with van der Waals surface area (Å²) in [5.74, 6) is 0. The second-order valence-electron chi connectivity index (χ2n) is 14.8. The molecule has 10 aromatic rings. The average Bonchev–Trinajstić information content (AvgIpc) is 3.77. The van der Waals surface area contributed by atoms with Crippen LogP contribution in [0.4, 0.5) is 17.1 Å². The SMILES string of the molecule is c1ccc(N(c2ccc(-c3ccc4c(c3)C3(c5ccccc5-4)c4ccccc4-c4cccc5cccc3c45)cc2)c2ccc3c(c2)oc2ccccc23)cc1. The normalized spacial score (nSPS) is 15.0. The van der Waals surface area contributed by atoms with Crippen LogP contribution in [0.3, 0.4) is 0 Å². The van der Waals surface area contributed by atoms with E-state index in [9.17, 15) is 0 Å². The predicted molar refractivity (Wildman–Crippen MR) is 228 cm³/mol. The molecule has 0 radical (unpaired) electrons. The fraction of sp³-hybridized carbons (Fsp3) is 0.0189. The van der Waals surface area contributed by atoms with Crippen LogP contribution in [0.1, 0.15) is 22.3 Å². The molecule has 1 unspecified atom stereocenters. The molecular formula is C53H33NO. The molecular weight excluding hydrogens is 667 g/mol. The molecule has 9 aromatic carbocycles. The van der Waals surface area contributed by atoms with Crippen LogP contribution in [0.5, 0.6) is 0 Å². The standard InChI is InChI=1S/C53H33NO/c1-2-14-37(15-3-1)54(39-29-31-44-43-18-6-9-23-50(43)55-51(44)33-39)38-27-24-34(25-28-38)36-26-30-42-40-16-4-7-20-46(40)53(49(42)32-36)47-21-8-5-17-41(47)45-19-10-12-35-13-11-22-48(53)52(35)45/h1-33H. The van der Waals surface area contributed by atoms with E-state index in [4.69, 9.17) is 4.42 Å². The van der Waals surface area contributed by atoms with E-state index < -0.39 is 5.41 Å². The summed E-state index contributed by atoms with van der Waals surface area (Å²) in [4.78, 5) is 2.31. The van der Waals surface area contributed by atoms with Crippen LogP contribution in [-0.2, 0) is 5.41 Å². The van der Waals surface area contributed by atoms with Crippen molar-refractivity contribution in [2.75, 3.05) is 4.90 Å². The Morgan fingerprint density at radius 2 is 0.927 bits per heavy atom. The van der Waals surface area contributed by atoms with Gasteiger partial charge in [0.05, 0.1) is 5.41 Å². The van der Waals surface area contributed by atoms with Crippen LogP contribution in [0.25, 0.3) is 66.1 Å². The van der Waals surface area contributed by atoms with Gasteiger partial charge in [0.25, 0.3) is 0 Å². The van der Waals surface area contributed by atoms with Crippen molar-refractivity contribution in [1.29, 1.82) is 0 Å². The lowest BCUT2D eigenvalue weighted by Crippen LogP contribution is -2.31. The highest BCUT2D eigenvalue weighted by Gasteiger charge is 2.50. The first-order chi connectivity index (χ1) is 27.3. The van der Waals surface area contributed by atoms with E-state index in [1.54, 1.807) is 0 Å². The third kappa shape index (κ3) is 4.19. The molecule has 0 saturated heterocycles. The van der Waals surface area contributed by atoms with Crippen LogP contribution in [0, 0.1) is 0 Å². The van der Waals surface area contributed by atoms with Crippen LogP contribution in [0.15, 0.2) is 205 Å². The summed E-state index contributed by atoms with van der Waals surface area (Å²) in [6.45, 7) is 0. The van der Waals surface area contributed by atoms with Gasteiger partial charge in [-0.15, -0.1) is 0 Å². The van der Waals surface area contributed by atoms with Crippen molar-refractivity contribution >= 4 is 49.8 Å². The van der Waals surface area contributed by atoms with E-state index >= 15 is 0 Å². The highest BCUT2D eigenvalue weighted by molar-refractivity contribution is 6.08. The second-order valence-corrected chi connectivity index (χ2v) is 14.8. The maximum absolute atomic E-state index is 6.33. The number of nitrogens with zero attached hydrogens (tertiary/aromatic N) is 1. The van der Waals surface area contributed by atoms with Gasteiger partial charge in [0.15, 0.2) is 0 Å². The first-order valence-corrected chi connectivity index (χ1v) is 19.0. The van der Waals surface area contributed by atoms with Gasteiger partial charge in [-0.3, -0.25) is 0 Å². The first kappa shape index (κ1) is 30.3. The fourth-order valence-corrected chi connectivity index (χ4v) is 9.79. The minimum absolute atomic E-state index is 0.439. The van der Waals surface area contributed by atoms with Crippen molar-refractivity contribution in [2.45, 2.75) is 5.41 Å². The Morgan fingerprint density at radius 3 is 1.75 bits per heavy atom. The predicted octanol–water partition coefficient (Wildman–Crippen LogP) is 14.2. The largest absolute Gasteiger partial charge is 0.456 e. The highest BCUT2D eigenvalue weighted by atomic mass is 16.3. The Balaban J connectivity index is 1.02. The maximum Gasteiger partial charge on any atom is 0.137 e. The molecule has 2 aliphatic rings. The minimum Gasteiger partial charge on any atom is -0.456 e. The molecule has 0 N–H and O–H groups in total. The van der Waals surface area contributed by atoms with Crippen molar-refractivity contribution in [3.63, 3.8) is 0 Å². The van der Waals surface area contributed by atoms with E-state index in [2.05, 4.69) is 193 Å². The van der Waals surface area contributed by atoms with Crippen LogP contribution in [0.2, 0.25) is 0 Å². The van der Waals surface area contributed by atoms with Gasteiger partial charge in [0, 0.05) is 33.9 Å². The quantitative estimate of drug-likeness (QED) is 0.182. The van der Waals surface area contributed by atoms with Gasteiger partial charge >= 0.3 is 0 Å². The first-order valence-electron chi connectivity index (χ1n) is 19.0. The Kier molecular flexibility index (Phi) is 6.29. The lowest BCUT2D eigenvalue weighted by molar-refractivity contribution is 0.669. The number of rotatable bonds is 4. The summed E-state index contributed by atoms with van der Waals surface area (Å²) < 4.78 is 6.33. The number of fused-ring (bicyclic) bond motifs is 12. The van der Waals surface area contributed by atoms with E-state index in [1.165, 1.54) is 66.4 Å². The smallest absolute Gasteiger partial charge is 0.137 e. The number of benzene rings is 9. The van der Waals surface area contributed by atoms with Crippen molar-refractivity contribution < 1.29 is 4.42 Å². The van der Waals surface area contributed by atoms with Crippen molar-refractivity contribution in [2.24, 2.45) is 0 Å². The lowest BCUT2D eigenvalue weighted by atomic mass is 9.61. The van der Waals surface area contributed by atoms with Gasteiger partial charge in [0.1, 0.15) is 11.2 Å². The Bertz CT molecular complexity index is 3150. The zero-order chi connectivity index (χ0) is 36.1. The van der Waals surface area contributed by atoms with Gasteiger partial charge in [-0.25, -0.2) is 0 Å². The lowest BCUT2D eigenvalue weighted by Gasteiger charge is -2.40. The summed E-state index contributed by atoms with van der Waals surface area (Å²) in [6.07, 6.45) is 0. The summed E-state index contributed by atoms with van der Waals surface area (Å²) in [7, 11) is 0. The van der Waals surface area contributed by atoms with E-state index in [0.29, 0.717) is 0 Å². The zero-order valence-electron chi connectivity index (χ0n) is 29.9. The molecule has 1 aromatic heterocycles. The van der Waals surface area contributed by atoms with E-state index in [-0.39, 0.29) is 0 Å². The van der Waals surface area contributed by atoms with E-state index in [1.807, 2.05) is 12.1 Å². The fourth-order valence-electron chi connectivity index (χ4n) is 9.79. The van der Waals surface area contributed by atoms with Gasteiger partial charge in [-0.1, -0.05) is 146 Å². The highest BCUT2D eigenvalue weighted by Crippen LogP contribution is 2.62. The monoisotopic (exact) mass is 699 g/mol. The third-order valence-electron chi connectivity index (χ3n) is 12.1. The summed E-state index contributed by atoms with van der Waals surface area (Å²) in [5, 5.41) is 4.89. The number of para-hydroxylation sites is 2. The molecule has 1 heterocycles. The number of hydrogen-bond acceptors (Lipinski definition) is 2. The molecule has 55 heavy (non-hydrogen) atoms. The van der Waals surface area contributed by atoms with Gasteiger partial charge in [-0.2, -0.15) is 0 Å². The summed E-state index contributed by atoms with van der Waals surface area (Å²) >= 11 is 0. The van der Waals surface area contributed by atoms with Crippen LogP contribution < -0.4 is 4.90 Å². The van der Waals surface area contributed by atoms with Crippen LogP contribution >= 0.6 is 0 Å². The number of furan rings is 1. The molecule has 0 amide bonds. The molecule has 2 nitrogen and oxygen atoms in total. The third-order valence-corrected chi connectivity index (χ3v) is 12.1. The molecule has 0 fully saturated rings. The molecule has 0 aliphatic heterocycles. The molecule has 1 atom stereocenters. The van der Waals surface area contributed by atoms with Crippen molar-refractivity contribution in [3.05, 3.63) is 222 Å². The Labute approximate surface area is 319 Å². The molecule has 1 spiro atoms. The summed E-state index contributed by atoms with van der Waals surface area (Å²) in [5.41, 5.74) is 17.6.